The van der Waals surface area contributed by atoms with Crippen molar-refractivity contribution in [2.45, 2.75) is 13.3 Å². The maximum absolute atomic E-state index is 11.3. The first-order valence-corrected chi connectivity index (χ1v) is 6.27. The lowest BCUT2D eigenvalue weighted by Gasteiger charge is -2.10. The maximum atomic E-state index is 11.3. The summed E-state index contributed by atoms with van der Waals surface area (Å²) in [5.74, 6) is 0.248. The van der Waals surface area contributed by atoms with Crippen molar-refractivity contribution in [1.29, 1.82) is 0 Å². The number of methoxy groups -OCH3 is 1. The summed E-state index contributed by atoms with van der Waals surface area (Å²) in [5, 5.41) is 11.2. The molecule has 0 aliphatic rings. The largest absolute Gasteiger partial charge is 0.481 e. The molecule has 0 aromatic carbocycles. The van der Waals surface area contributed by atoms with Crippen LogP contribution >= 0.6 is 11.8 Å². The highest BCUT2D eigenvalue weighted by molar-refractivity contribution is 7.99. The molecule has 6 heteroatoms. The van der Waals surface area contributed by atoms with E-state index in [1.165, 1.54) is 11.8 Å². The summed E-state index contributed by atoms with van der Waals surface area (Å²) in [6, 6.07) is 0. The number of rotatable bonds is 9. The van der Waals surface area contributed by atoms with Crippen molar-refractivity contribution in [2.75, 3.05) is 31.8 Å². The van der Waals surface area contributed by atoms with Gasteiger partial charge in [-0.05, 0) is 5.92 Å². The van der Waals surface area contributed by atoms with Crippen LogP contribution in [-0.2, 0) is 14.3 Å². The monoisotopic (exact) mass is 249 g/mol. The van der Waals surface area contributed by atoms with Crippen LogP contribution in [0.2, 0.25) is 0 Å². The summed E-state index contributed by atoms with van der Waals surface area (Å²) in [5.41, 5.74) is 0. The van der Waals surface area contributed by atoms with Gasteiger partial charge in [0, 0.05) is 25.8 Å². The van der Waals surface area contributed by atoms with Gasteiger partial charge in [0.2, 0.25) is 5.91 Å². The molecular formula is C10H19NO4S. The third-order valence-corrected chi connectivity index (χ3v) is 2.76. The van der Waals surface area contributed by atoms with Gasteiger partial charge in [0.25, 0.3) is 0 Å². The third kappa shape index (κ3) is 9.79. The molecule has 0 saturated heterocycles. The Morgan fingerprint density at radius 3 is 2.75 bits per heavy atom. The maximum Gasteiger partial charge on any atom is 0.303 e. The molecule has 94 valence electrons. The number of hydrogen-bond acceptors (Lipinski definition) is 4. The predicted molar refractivity (Wildman–Crippen MR) is 63.6 cm³/mol. The van der Waals surface area contributed by atoms with E-state index in [1.807, 2.05) is 0 Å². The van der Waals surface area contributed by atoms with Crippen LogP contribution in [0.5, 0.6) is 0 Å². The third-order valence-electron chi connectivity index (χ3n) is 1.84. The molecule has 0 bridgehead atoms. The molecule has 2 N–H and O–H groups in total. The average molecular weight is 249 g/mol. The van der Waals surface area contributed by atoms with Gasteiger partial charge in [0.15, 0.2) is 0 Å². The van der Waals surface area contributed by atoms with Crippen LogP contribution in [0.1, 0.15) is 13.3 Å². The van der Waals surface area contributed by atoms with E-state index in [0.29, 0.717) is 18.9 Å². The van der Waals surface area contributed by atoms with Gasteiger partial charge in [-0.25, -0.2) is 0 Å². The Balaban J connectivity index is 3.45. The number of amides is 1. The van der Waals surface area contributed by atoms with Crippen molar-refractivity contribution in [3.63, 3.8) is 0 Å². The minimum absolute atomic E-state index is 0.0366. The highest BCUT2D eigenvalue weighted by atomic mass is 32.2. The summed E-state index contributed by atoms with van der Waals surface area (Å²) in [4.78, 5) is 21.6. The second kappa shape index (κ2) is 9.47. The summed E-state index contributed by atoms with van der Waals surface area (Å²) in [6.07, 6.45) is 0.0805. The zero-order valence-corrected chi connectivity index (χ0v) is 10.5. The van der Waals surface area contributed by atoms with Crippen molar-refractivity contribution >= 4 is 23.6 Å². The van der Waals surface area contributed by atoms with Gasteiger partial charge >= 0.3 is 5.97 Å². The Hall–Kier alpha value is -0.750. The molecule has 16 heavy (non-hydrogen) atoms. The summed E-state index contributed by atoms with van der Waals surface area (Å²) in [6.45, 7) is 2.84. The molecule has 0 aliphatic heterocycles. The number of carbonyl (C=O) groups is 2. The van der Waals surface area contributed by atoms with Gasteiger partial charge < -0.3 is 15.2 Å². The molecule has 0 aliphatic carbocycles. The molecule has 0 fully saturated rings. The number of nitrogens with one attached hydrogen (secondary N) is 1. The van der Waals surface area contributed by atoms with Gasteiger partial charge in [-0.1, -0.05) is 6.92 Å². The van der Waals surface area contributed by atoms with Gasteiger partial charge in [0.1, 0.15) is 0 Å². The summed E-state index contributed by atoms with van der Waals surface area (Å²) < 4.78 is 4.85. The van der Waals surface area contributed by atoms with Crippen LogP contribution in [0.4, 0.5) is 0 Å². The van der Waals surface area contributed by atoms with E-state index in [0.717, 1.165) is 5.75 Å². The van der Waals surface area contributed by atoms with Crippen LogP contribution in [0, 0.1) is 5.92 Å². The Morgan fingerprint density at radius 2 is 2.19 bits per heavy atom. The lowest BCUT2D eigenvalue weighted by Crippen LogP contribution is -2.30. The minimum Gasteiger partial charge on any atom is -0.481 e. The number of carboxylic acids is 1. The van der Waals surface area contributed by atoms with Crippen LogP contribution in [0.15, 0.2) is 0 Å². The van der Waals surface area contributed by atoms with Crippen LogP contribution in [0.3, 0.4) is 0 Å². The lowest BCUT2D eigenvalue weighted by molar-refractivity contribution is -0.138. The average Bonchev–Trinajstić information content (AvgIpc) is 2.20. The number of ether oxygens (including phenoxy) is 1. The smallest absolute Gasteiger partial charge is 0.303 e. The number of hydrogen-bond donors (Lipinski definition) is 2. The normalized spacial score (nSPS) is 12.1. The highest BCUT2D eigenvalue weighted by Crippen LogP contribution is 2.01. The van der Waals surface area contributed by atoms with Gasteiger partial charge in [-0.2, -0.15) is 0 Å². The van der Waals surface area contributed by atoms with E-state index in [9.17, 15) is 9.59 Å². The second-order valence-corrected chi connectivity index (χ2v) is 4.66. The van der Waals surface area contributed by atoms with Crippen LogP contribution in [-0.4, -0.2) is 48.8 Å². The highest BCUT2D eigenvalue weighted by Gasteiger charge is 2.09. The van der Waals surface area contributed by atoms with E-state index in [1.54, 1.807) is 14.0 Å². The van der Waals surface area contributed by atoms with E-state index in [-0.39, 0.29) is 18.2 Å². The van der Waals surface area contributed by atoms with E-state index < -0.39 is 5.97 Å². The summed E-state index contributed by atoms with van der Waals surface area (Å²) in [7, 11) is 1.62. The first-order chi connectivity index (χ1) is 7.56. The molecule has 5 nitrogen and oxygen atoms in total. The summed E-state index contributed by atoms with van der Waals surface area (Å²) >= 11 is 1.50. The molecule has 0 radical (unpaired) electrons. The Morgan fingerprint density at radius 1 is 1.50 bits per heavy atom. The Kier molecular flexibility index (Phi) is 9.03. The fourth-order valence-corrected chi connectivity index (χ4v) is 1.73. The number of carbonyl (C=O) groups excluding carboxylic acids is 1. The quantitative estimate of drug-likeness (QED) is 0.585. The molecule has 0 heterocycles. The first-order valence-electron chi connectivity index (χ1n) is 5.11. The van der Waals surface area contributed by atoms with Crippen molar-refractivity contribution in [2.24, 2.45) is 5.92 Å². The molecule has 0 rings (SSSR count). The molecule has 1 amide bonds. The predicted octanol–water partition coefficient (Wildman–Crippen LogP) is 0.593. The Labute approximate surface area is 99.9 Å². The van der Waals surface area contributed by atoms with E-state index in [2.05, 4.69) is 5.32 Å². The SMILES string of the molecule is COCCSCC(=O)NCC(C)CC(=O)O. The van der Waals surface area contributed by atoms with Gasteiger partial charge in [0.05, 0.1) is 12.4 Å². The zero-order chi connectivity index (χ0) is 12.4. The number of carboxylic acid groups (broad SMARTS) is 1. The van der Waals surface area contributed by atoms with E-state index >= 15 is 0 Å². The molecule has 0 saturated carbocycles. The van der Waals surface area contributed by atoms with Crippen molar-refractivity contribution in [3.8, 4) is 0 Å². The molecule has 0 aromatic rings. The Bertz CT molecular complexity index is 223. The van der Waals surface area contributed by atoms with Crippen molar-refractivity contribution in [3.05, 3.63) is 0 Å². The number of thioether (sulfide) groups is 1. The van der Waals surface area contributed by atoms with Crippen molar-refractivity contribution < 1.29 is 19.4 Å². The van der Waals surface area contributed by atoms with Gasteiger partial charge in [-0.3, -0.25) is 9.59 Å². The second-order valence-electron chi connectivity index (χ2n) is 3.55. The zero-order valence-electron chi connectivity index (χ0n) is 9.69. The van der Waals surface area contributed by atoms with Gasteiger partial charge in [-0.15, -0.1) is 11.8 Å². The number of aliphatic carboxylic acids is 1. The minimum atomic E-state index is -0.837. The molecule has 0 spiro atoms. The fraction of sp³-hybridized carbons (Fsp3) is 0.800. The molecular weight excluding hydrogens is 230 g/mol. The van der Waals surface area contributed by atoms with E-state index in [4.69, 9.17) is 9.84 Å². The first kappa shape index (κ1) is 15.2. The van der Waals surface area contributed by atoms with Crippen LogP contribution < -0.4 is 5.32 Å². The molecule has 0 aromatic heterocycles. The molecule has 1 unspecified atom stereocenters. The topological polar surface area (TPSA) is 75.6 Å². The van der Waals surface area contributed by atoms with Crippen LogP contribution in [0.25, 0.3) is 0 Å². The lowest BCUT2D eigenvalue weighted by atomic mass is 10.1. The molecule has 1 atom stereocenters. The standard InChI is InChI=1S/C10H19NO4S/c1-8(5-10(13)14)6-11-9(12)7-16-4-3-15-2/h8H,3-7H2,1-2H3,(H,11,12)(H,13,14). The van der Waals surface area contributed by atoms with Crippen molar-refractivity contribution in [1.82, 2.24) is 5.32 Å². The fourth-order valence-electron chi connectivity index (χ4n) is 1.02.